The Morgan fingerprint density at radius 3 is 2.61 bits per heavy atom. The Labute approximate surface area is 196 Å². The highest BCUT2D eigenvalue weighted by Crippen LogP contribution is 2.49. The SMILES string of the molecule is CCOc1cc([C@H]2C(C(=O)OC)=C(C)NC3=C2C(=O)c2ccccc23)cc(Cl)c1OCC#N. The van der Waals surface area contributed by atoms with Gasteiger partial charge in [-0.05, 0) is 31.5 Å². The molecule has 0 saturated heterocycles. The Morgan fingerprint density at radius 1 is 1.21 bits per heavy atom. The molecule has 2 aromatic carbocycles. The van der Waals surface area contributed by atoms with Crippen LogP contribution >= 0.6 is 11.6 Å². The number of dihydropyridines is 1. The number of Topliss-reactive ketones (excluding diaryl/α,β-unsaturated/α-hetero) is 1. The molecule has 4 rings (SSSR count). The quantitative estimate of drug-likeness (QED) is 0.633. The van der Waals surface area contributed by atoms with Crippen LogP contribution in [0.3, 0.4) is 0 Å². The Morgan fingerprint density at radius 2 is 1.94 bits per heavy atom. The van der Waals surface area contributed by atoms with E-state index in [4.69, 9.17) is 31.1 Å². The Kier molecular flexibility index (Phi) is 6.12. The molecule has 0 fully saturated rings. The van der Waals surface area contributed by atoms with E-state index >= 15 is 0 Å². The number of nitrogens with one attached hydrogen (secondary N) is 1. The second-order valence-electron chi connectivity index (χ2n) is 7.46. The summed E-state index contributed by atoms with van der Waals surface area (Å²) in [5.74, 6) is -0.922. The van der Waals surface area contributed by atoms with Crippen molar-refractivity contribution < 1.29 is 23.8 Å². The fourth-order valence-corrected chi connectivity index (χ4v) is 4.58. The van der Waals surface area contributed by atoms with Gasteiger partial charge in [0.05, 0.1) is 30.0 Å². The van der Waals surface area contributed by atoms with Crippen LogP contribution in [0.25, 0.3) is 5.70 Å². The second kappa shape index (κ2) is 9.00. The zero-order valence-corrected chi connectivity index (χ0v) is 19.1. The lowest BCUT2D eigenvalue weighted by Crippen LogP contribution is -2.29. The van der Waals surface area contributed by atoms with E-state index < -0.39 is 11.9 Å². The van der Waals surface area contributed by atoms with E-state index in [2.05, 4.69) is 5.32 Å². The number of esters is 1. The second-order valence-corrected chi connectivity index (χ2v) is 7.87. The van der Waals surface area contributed by atoms with Crippen molar-refractivity contribution in [3.8, 4) is 17.6 Å². The number of hydrogen-bond acceptors (Lipinski definition) is 7. The molecule has 0 saturated carbocycles. The number of halogens is 1. The van der Waals surface area contributed by atoms with Crippen LogP contribution < -0.4 is 14.8 Å². The topological polar surface area (TPSA) is 97.7 Å². The van der Waals surface area contributed by atoms with Gasteiger partial charge in [0.25, 0.3) is 0 Å². The summed E-state index contributed by atoms with van der Waals surface area (Å²) < 4.78 is 16.3. The maximum absolute atomic E-state index is 13.5. The summed E-state index contributed by atoms with van der Waals surface area (Å²) in [4.78, 5) is 26.3. The molecule has 1 aliphatic carbocycles. The van der Waals surface area contributed by atoms with Crippen molar-refractivity contribution in [3.63, 3.8) is 0 Å². The van der Waals surface area contributed by atoms with E-state index in [1.54, 1.807) is 38.1 Å². The molecule has 0 spiro atoms. The third-order valence-corrected chi connectivity index (χ3v) is 5.88. The predicted molar refractivity (Wildman–Crippen MR) is 122 cm³/mol. The van der Waals surface area contributed by atoms with Gasteiger partial charge in [-0.15, -0.1) is 0 Å². The summed E-state index contributed by atoms with van der Waals surface area (Å²) in [6.07, 6.45) is 0. The average Bonchev–Trinajstić information content (AvgIpc) is 3.09. The maximum atomic E-state index is 13.5. The van der Waals surface area contributed by atoms with Crippen molar-refractivity contribution in [3.05, 3.63) is 75.0 Å². The molecule has 0 unspecified atom stereocenters. The van der Waals surface area contributed by atoms with Gasteiger partial charge in [0.15, 0.2) is 23.9 Å². The molecule has 8 heteroatoms. The standard InChI is InChI=1S/C25H21ClN2O5/c1-4-32-18-12-14(11-17(26)24(18)33-10-9-27)20-19(25(30)31-3)13(2)28-22-15-7-5-6-8-16(15)23(29)21(20)22/h5-8,11-12,20,28H,4,10H2,1-3H3/t20-/m0/s1. The Balaban J connectivity index is 1.94. The maximum Gasteiger partial charge on any atom is 0.336 e. The van der Waals surface area contributed by atoms with E-state index in [0.717, 1.165) is 5.56 Å². The number of carbonyl (C=O) groups is 2. The van der Waals surface area contributed by atoms with Gasteiger partial charge in [-0.3, -0.25) is 4.79 Å². The van der Waals surface area contributed by atoms with Gasteiger partial charge in [0.1, 0.15) is 6.07 Å². The molecule has 0 bridgehead atoms. The summed E-state index contributed by atoms with van der Waals surface area (Å²) in [6, 6.07) is 12.5. The normalized spacial score (nSPS) is 16.6. The van der Waals surface area contributed by atoms with Gasteiger partial charge in [-0.2, -0.15) is 5.26 Å². The van der Waals surface area contributed by atoms with E-state index in [9.17, 15) is 9.59 Å². The number of ketones is 1. The molecule has 168 valence electrons. The van der Waals surface area contributed by atoms with E-state index in [1.807, 2.05) is 18.2 Å². The minimum Gasteiger partial charge on any atom is -0.490 e. The van der Waals surface area contributed by atoms with Crippen LogP contribution in [0.4, 0.5) is 0 Å². The van der Waals surface area contributed by atoms with Crippen LogP contribution in [0.15, 0.2) is 53.2 Å². The number of fused-ring (bicyclic) bond motifs is 2. The van der Waals surface area contributed by atoms with Crippen molar-refractivity contribution in [2.24, 2.45) is 0 Å². The number of carbonyl (C=O) groups excluding carboxylic acids is 2. The van der Waals surface area contributed by atoms with Crippen molar-refractivity contribution in [1.82, 2.24) is 5.32 Å². The lowest BCUT2D eigenvalue weighted by atomic mass is 9.79. The smallest absolute Gasteiger partial charge is 0.336 e. The Bertz CT molecular complexity index is 1270. The van der Waals surface area contributed by atoms with Gasteiger partial charge in [-0.1, -0.05) is 35.9 Å². The first-order valence-corrected chi connectivity index (χ1v) is 10.7. The first-order chi connectivity index (χ1) is 15.9. The molecule has 1 N–H and O–H groups in total. The van der Waals surface area contributed by atoms with Gasteiger partial charge < -0.3 is 19.5 Å². The van der Waals surface area contributed by atoms with Crippen molar-refractivity contribution in [2.45, 2.75) is 19.8 Å². The lowest BCUT2D eigenvalue weighted by molar-refractivity contribution is -0.136. The first-order valence-electron chi connectivity index (χ1n) is 10.3. The molecule has 33 heavy (non-hydrogen) atoms. The molecule has 0 amide bonds. The largest absolute Gasteiger partial charge is 0.490 e. The number of nitriles is 1. The molecule has 1 atom stereocenters. The molecule has 7 nitrogen and oxygen atoms in total. The molecule has 1 heterocycles. The van der Waals surface area contributed by atoms with Crippen molar-refractivity contribution in [2.75, 3.05) is 20.3 Å². The zero-order chi connectivity index (χ0) is 23.7. The first kappa shape index (κ1) is 22.4. The summed E-state index contributed by atoms with van der Waals surface area (Å²) >= 11 is 6.53. The molecule has 0 radical (unpaired) electrons. The highest BCUT2D eigenvalue weighted by molar-refractivity contribution is 6.32. The summed E-state index contributed by atoms with van der Waals surface area (Å²) in [5.41, 5.74) is 3.88. The number of ether oxygens (including phenoxy) is 3. The summed E-state index contributed by atoms with van der Waals surface area (Å²) in [5, 5.41) is 12.3. The minimum atomic E-state index is -0.740. The molecular weight excluding hydrogens is 444 g/mol. The van der Waals surface area contributed by atoms with Crippen LogP contribution in [-0.2, 0) is 9.53 Å². The van der Waals surface area contributed by atoms with E-state index in [-0.39, 0.29) is 23.2 Å². The van der Waals surface area contributed by atoms with Crippen LogP contribution in [0, 0.1) is 11.3 Å². The number of allylic oxidation sites excluding steroid dienone is 2. The highest BCUT2D eigenvalue weighted by Gasteiger charge is 2.43. The number of rotatable bonds is 6. The monoisotopic (exact) mass is 464 g/mol. The average molecular weight is 465 g/mol. The fourth-order valence-electron chi connectivity index (χ4n) is 4.30. The third-order valence-electron chi connectivity index (χ3n) is 5.60. The van der Waals surface area contributed by atoms with Crippen LogP contribution in [0.2, 0.25) is 5.02 Å². The highest BCUT2D eigenvalue weighted by atomic mass is 35.5. The van der Waals surface area contributed by atoms with Crippen LogP contribution in [0.5, 0.6) is 11.5 Å². The molecule has 2 aromatic rings. The summed E-state index contributed by atoms with van der Waals surface area (Å²) in [6.45, 7) is 3.69. The Hall–Kier alpha value is -3.76. The third kappa shape index (κ3) is 3.73. The fraction of sp³-hybridized carbons (Fsp3) is 0.240. The van der Waals surface area contributed by atoms with E-state index in [0.29, 0.717) is 46.0 Å². The van der Waals surface area contributed by atoms with Gasteiger partial charge >= 0.3 is 5.97 Å². The summed E-state index contributed by atoms with van der Waals surface area (Å²) in [7, 11) is 1.30. The predicted octanol–water partition coefficient (Wildman–Crippen LogP) is 4.38. The number of hydrogen-bond donors (Lipinski definition) is 1. The molecule has 2 aliphatic rings. The van der Waals surface area contributed by atoms with Crippen LogP contribution in [0.1, 0.15) is 41.3 Å². The number of benzene rings is 2. The molecular formula is C25H21ClN2O5. The van der Waals surface area contributed by atoms with E-state index in [1.165, 1.54) is 7.11 Å². The molecule has 1 aliphatic heterocycles. The number of methoxy groups -OCH3 is 1. The zero-order valence-electron chi connectivity index (χ0n) is 18.3. The minimum absolute atomic E-state index is 0.175. The lowest BCUT2D eigenvalue weighted by Gasteiger charge is -2.29. The molecule has 0 aromatic heterocycles. The van der Waals surface area contributed by atoms with Crippen molar-refractivity contribution >= 4 is 29.1 Å². The van der Waals surface area contributed by atoms with Crippen molar-refractivity contribution in [1.29, 1.82) is 5.26 Å². The van der Waals surface area contributed by atoms with Crippen LogP contribution in [-0.4, -0.2) is 32.1 Å². The van der Waals surface area contributed by atoms with Gasteiger partial charge in [0.2, 0.25) is 0 Å². The van der Waals surface area contributed by atoms with Gasteiger partial charge in [0, 0.05) is 28.3 Å². The van der Waals surface area contributed by atoms with Gasteiger partial charge in [-0.25, -0.2) is 4.79 Å². The number of nitrogens with zero attached hydrogens (tertiary/aromatic N) is 1.